The van der Waals surface area contributed by atoms with Crippen molar-refractivity contribution in [1.82, 2.24) is 0 Å². The number of halogens is 1. The second-order valence-electron chi connectivity index (χ2n) is 4.69. The Morgan fingerprint density at radius 1 is 1.24 bits per heavy atom. The van der Waals surface area contributed by atoms with Gasteiger partial charge in [0.1, 0.15) is 5.75 Å². The zero-order valence-electron chi connectivity index (χ0n) is 10.4. The van der Waals surface area contributed by atoms with Crippen molar-refractivity contribution in [2.24, 2.45) is 0 Å². The summed E-state index contributed by atoms with van der Waals surface area (Å²) in [7, 11) is 3.46. The largest absolute Gasteiger partial charge is 0.497 e. The average Bonchev–Trinajstić information content (AvgIpc) is 2.33. The van der Waals surface area contributed by atoms with E-state index >= 15 is 0 Å². The fourth-order valence-corrected chi connectivity index (χ4v) is 2.75. The fourth-order valence-electron chi connectivity index (χ4n) is 2.32. The molecule has 1 unspecified atom stereocenters. The first-order valence-corrected chi connectivity index (χ1v) is 6.46. The van der Waals surface area contributed by atoms with Gasteiger partial charge in [-0.2, -0.15) is 0 Å². The SMILES string of the molecule is COc1ccc(C(Cl)CC2(OC)CCC2)cc1. The predicted molar refractivity (Wildman–Crippen MR) is 69.8 cm³/mol. The summed E-state index contributed by atoms with van der Waals surface area (Å²) in [4.78, 5) is 0. The molecule has 2 nitrogen and oxygen atoms in total. The molecule has 2 rings (SSSR count). The van der Waals surface area contributed by atoms with E-state index in [1.54, 1.807) is 14.2 Å². The number of ether oxygens (including phenoxy) is 2. The second-order valence-corrected chi connectivity index (χ2v) is 5.21. The van der Waals surface area contributed by atoms with Gasteiger partial charge in [0.05, 0.1) is 18.1 Å². The summed E-state index contributed by atoms with van der Waals surface area (Å²) in [5.74, 6) is 0.864. The lowest BCUT2D eigenvalue weighted by Gasteiger charge is -2.41. The molecule has 0 aliphatic heterocycles. The first-order chi connectivity index (χ1) is 8.19. The quantitative estimate of drug-likeness (QED) is 0.741. The van der Waals surface area contributed by atoms with E-state index in [9.17, 15) is 0 Å². The highest BCUT2D eigenvalue weighted by molar-refractivity contribution is 6.20. The normalized spacial score (nSPS) is 19.5. The van der Waals surface area contributed by atoms with Crippen LogP contribution in [0.2, 0.25) is 0 Å². The van der Waals surface area contributed by atoms with Gasteiger partial charge in [0.25, 0.3) is 0 Å². The van der Waals surface area contributed by atoms with Crippen LogP contribution in [0.3, 0.4) is 0 Å². The minimum absolute atomic E-state index is 0.0150. The van der Waals surface area contributed by atoms with Crippen molar-refractivity contribution in [1.29, 1.82) is 0 Å². The Labute approximate surface area is 108 Å². The topological polar surface area (TPSA) is 18.5 Å². The van der Waals surface area contributed by atoms with E-state index in [1.165, 1.54) is 6.42 Å². The lowest BCUT2D eigenvalue weighted by atomic mass is 9.76. The van der Waals surface area contributed by atoms with Gasteiger partial charge in [-0.3, -0.25) is 0 Å². The minimum atomic E-state index is 0.0150. The van der Waals surface area contributed by atoms with E-state index in [0.29, 0.717) is 0 Å². The maximum atomic E-state index is 6.46. The maximum absolute atomic E-state index is 6.46. The van der Waals surface area contributed by atoms with Crippen molar-refractivity contribution < 1.29 is 9.47 Å². The summed E-state index contributed by atoms with van der Waals surface area (Å²) in [6, 6.07) is 7.95. The van der Waals surface area contributed by atoms with E-state index in [-0.39, 0.29) is 11.0 Å². The van der Waals surface area contributed by atoms with Gasteiger partial charge in [0.15, 0.2) is 0 Å². The Hall–Kier alpha value is -0.730. The highest BCUT2D eigenvalue weighted by atomic mass is 35.5. The fraction of sp³-hybridized carbons (Fsp3) is 0.571. The molecule has 0 amide bonds. The molecular formula is C14H19ClO2. The third-order valence-corrected chi connectivity index (χ3v) is 4.13. The van der Waals surface area contributed by atoms with Gasteiger partial charge < -0.3 is 9.47 Å². The van der Waals surface area contributed by atoms with Crippen LogP contribution in [0.4, 0.5) is 0 Å². The predicted octanol–water partition coefficient (Wildman–Crippen LogP) is 3.93. The molecule has 1 aliphatic rings. The van der Waals surface area contributed by atoms with Crippen LogP contribution in [-0.4, -0.2) is 19.8 Å². The first kappa shape index (κ1) is 12.7. The number of hydrogen-bond donors (Lipinski definition) is 0. The third kappa shape index (κ3) is 2.75. The molecule has 0 bridgehead atoms. The molecule has 0 saturated heterocycles. The second kappa shape index (κ2) is 5.28. The Morgan fingerprint density at radius 3 is 2.29 bits per heavy atom. The van der Waals surface area contributed by atoms with Crippen molar-refractivity contribution in [3.63, 3.8) is 0 Å². The van der Waals surface area contributed by atoms with Crippen LogP contribution in [-0.2, 0) is 4.74 Å². The van der Waals surface area contributed by atoms with E-state index in [2.05, 4.69) is 0 Å². The molecule has 1 aliphatic carbocycles. The van der Waals surface area contributed by atoms with Gasteiger partial charge in [-0.25, -0.2) is 0 Å². The van der Waals surface area contributed by atoms with E-state index in [0.717, 1.165) is 30.6 Å². The van der Waals surface area contributed by atoms with Crippen LogP contribution < -0.4 is 4.74 Å². The average molecular weight is 255 g/mol. The van der Waals surface area contributed by atoms with Crippen molar-refractivity contribution in [2.45, 2.75) is 36.7 Å². The summed E-state index contributed by atoms with van der Waals surface area (Å²) in [6.07, 6.45) is 4.39. The molecule has 1 saturated carbocycles. The number of benzene rings is 1. The molecule has 94 valence electrons. The molecular weight excluding hydrogens is 236 g/mol. The van der Waals surface area contributed by atoms with Crippen LogP contribution in [0.1, 0.15) is 36.6 Å². The number of rotatable bonds is 5. The maximum Gasteiger partial charge on any atom is 0.118 e. The van der Waals surface area contributed by atoms with Gasteiger partial charge >= 0.3 is 0 Å². The number of methoxy groups -OCH3 is 2. The van der Waals surface area contributed by atoms with Gasteiger partial charge in [-0.05, 0) is 43.4 Å². The lowest BCUT2D eigenvalue weighted by Crippen LogP contribution is -2.39. The Balaban J connectivity index is 2.01. The third-order valence-electron chi connectivity index (χ3n) is 3.73. The Kier molecular flexibility index (Phi) is 3.95. The molecule has 0 heterocycles. The standard InChI is InChI=1S/C14H19ClO2/c1-16-12-6-4-11(5-7-12)13(15)10-14(17-2)8-3-9-14/h4-7,13H,3,8-10H2,1-2H3. The smallest absolute Gasteiger partial charge is 0.118 e. The summed E-state index contributed by atoms with van der Waals surface area (Å²) in [5, 5.41) is 0.0150. The summed E-state index contributed by atoms with van der Waals surface area (Å²) in [5.41, 5.74) is 1.16. The van der Waals surface area contributed by atoms with Gasteiger partial charge in [-0.1, -0.05) is 12.1 Å². The highest BCUT2D eigenvalue weighted by Crippen LogP contribution is 2.43. The van der Waals surface area contributed by atoms with Crippen molar-refractivity contribution in [2.75, 3.05) is 14.2 Å². The number of alkyl halides is 1. The van der Waals surface area contributed by atoms with Gasteiger partial charge in [0, 0.05) is 7.11 Å². The summed E-state index contributed by atoms with van der Waals surface area (Å²) in [6.45, 7) is 0. The molecule has 0 radical (unpaired) electrons. The molecule has 0 spiro atoms. The Morgan fingerprint density at radius 2 is 1.88 bits per heavy atom. The van der Waals surface area contributed by atoms with Crippen molar-refractivity contribution in [3.8, 4) is 5.75 Å². The van der Waals surface area contributed by atoms with E-state index in [4.69, 9.17) is 21.1 Å². The molecule has 0 N–H and O–H groups in total. The molecule has 3 heteroatoms. The molecule has 1 fully saturated rings. The lowest BCUT2D eigenvalue weighted by molar-refractivity contribution is -0.0780. The van der Waals surface area contributed by atoms with Crippen LogP contribution in [0.5, 0.6) is 5.75 Å². The molecule has 17 heavy (non-hydrogen) atoms. The van der Waals surface area contributed by atoms with Crippen LogP contribution in [0.25, 0.3) is 0 Å². The van der Waals surface area contributed by atoms with E-state index in [1.807, 2.05) is 24.3 Å². The monoisotopic (exact) mass is 254 g/mol. The van der Waals surface area contributed by atoms with Gasteiger partial charge in [-0.15, -0.1) is 11.6 Å². The zero-order valence-corrected chi connectivity index (χ0v) is 11.2. The van der Waals surface area contributed by atoms with Crippen LogP contribution in [0, 0.1) is 0 Å². The molecule has 1 aromatic carbocycles. The summed E-state index contributed by atoms with van der Waals surface area (Å²) < 4.78 is 10.7. The van der Waals surface area contributed by atoms with Crippen molar-refractivity contribution >= 4 is 11.6 Å². The zero-order chi connectivity index (χ0) is 12.3. The number of hydrogen-bond acceptors (Lipinski definition) is 2. The highest BCUT2D eigenvalue weighted by Gasteiger charge is 2.38. The van der Waals surface area contributed by atoms with Crippen LogP contribution in [0.15, 0.2) is 24.3 Å². The Bertz CT molecular complexity index is 351. The molecule has 1 aromatic rings. The van der Waals surface area contributed by atoms with Crippen molar-refractivity contribution in [3.05, 3.63) is 29.8 Å². The minimum Gasteiger partial charge on any atom is -0.497 e. The molecule has 0 aromatic heterocycles. The van der Waals surface area contributed by atoms with Gasteiger partial charge in [0.2, 0.25) is 0 Å². The van der Waals surface area contributed by atoms with E-state index < -0.39 is 0 Å². The summed E-state index contributed by atoms with van der Waals surface area (Å²) >= 11 is 6.46. The van der Waals surface area contributed by atoms with Crippen LogP contribution >= 0.6 is 11.6 Å². The first-order valence-electron chi connectivity index (χ1n) is 6.02. The molecule has 1 atom stereocenters.